The lowest BCUT2D eigenvalue weighted by atomic mass is 9.67. The molecule has 1 fully saturated rings. The Labute approximate surface area is 184 Å². The molecule has 1 aliphatic heterocycles. The van der Waals surface area contributed by atoms with Crippen LogP contribution in [0.5, 0.6) is 0 Å². The molecule has 166 valence electrons. The van der Waals surface area contributed by atoms with Gasteiger partial charge in [0.15, 0.2) is 5.78 Å². The zero-order valence-corrected chi connectivity index (χ0v) is 18.7. The van der Waals surface area contributed by atoms with Crippen LogP contribution in [0.1, 0.15) is 67.6 Å². The summed E-state index contributed by atoms with van der Waals surface area (Å²) in [5.74, 6) is 0.750. The maximum atomic E-state index is 12.9. The molecule has 0 saturated carbocycles. The van der Waals surface area contributed by atoms with Crippen LogP contribution in [-0.2, 0) is 24.3 Å². The van der Waals surface area contributed by atoms with Crippen LogP contribution in [0.2, 0.25) is 0 Å². The number of hydrogen-bond acceptors (Lipinski definition) is 4. The number of ketones is 1. The van der Waals surface area contributed by atoms with Gasteiger partial charge in [-0.1, -0.05) is 57.0 Å². The Kier molecular flexibility index (Phi) is 6.44. The first-order valence-corrected chi connectivity index (χ1v) is 11.6. The van der Waals surface area contributed by atoms with Crippen molar-refractivity contribution in [2.24, 2.45) is 11.3 Å². The van der Waals surface area contributed by atoms with Crippen LogP contribution in [0.3, 0.4) is 0 Å². The van der Waals surface area contributed by atoms with Gasteiger partial charge in [0.05, 0.1) is 0 Å². The van der Waals surface area contributed by atoms with E-state index < -0.39 is 0 Å². The van der Waals surface area contributed by atoms with E-state index in [0.29, 0.717) is 37.7 Å². The highest BCUT2D eigenvalue weighted by Gasteiger charge is 2.43. The number of carbonyl (C=O) groups is 2. The molecule has 1 spiro atoms. The van der Waals surface area contributed by atoms with Gasteiger partial charge in [-0.2, -0.15) is 5.10 Å². The third kappa shape index (κ3) is 4.83. The highest BCUT2D eigenvalue weighted by atomic mass is 16.6. The normalized spacial score (nSPS) is 17.8. The van der Waals surface area contributed by atoms with Crippen molar-refractivity contribution < 1.29 is 14.3 Å². The van der Waals surface area contributed by atoms with Gasteiger partial charge in [0.2, 0.25) is 0 Å². The predicted molar refractivity (Wildman–Crippen MR) is 119 cm³/mol. The Bertz CT molecular complexity index is 909. The molecule has 31 heavy (non-hydrogen) atoms. The zero-order valence-electron chi connectivity index (χ0n) is 18.7. The second-order valence-corrected chi connectivity index (χ2v) is 9.21. The summed E-state index contributed by atoms with van der Waals surface area (Å²) in [6.07, 6.45) is 7.14. The summed E-state index contributed by atoms with van der Waals surface area (Å²) in [4.78, 5) is 27.2. The maximum absolute atomic E-state index is 12.9. The molecule has 2 aliphatic rings. The van der Waals surface area contributed by atoms with Crippen molar-refractivity contribution in [2.75, 3.05) is 13.1 Å². The summed E-state index contributed by atoms with van der Waals surface area (Å²) in [5, 5.41) is 4.62. The maximum Gasteiger partial charge on any atom is 0.410 e. The SMILES string of the molecule is CCC(CC)Cn1cc2c(n1)C(=O)CC1(CCN(C(=O)OCc3ccccc3)CC1)C2. The molecule has 4 rings (SSSR count). The number of aromatic nitrogens is 2. The standard InChI is InChI=1S/C25H33N3O3/c1-3-19(4-2)16-28-17-21-14-25(15-22(29)23(21)26-28)10-12-27(13-11-25)24(30)31-18-20-8-6-5-7-9-20/h5-9,17,19H,3-4,10-16,18H2,1-2H3. The van der Waals surface area contributed by atoms with Crippen molar-refractivity contribution in [1.29, 1.82) is 0 Å². The van der Waals surface area contributed by atoms with Crippen LogP contribution in [0, 0.1) is 11.3 Å². The number of likely N-dealkylation sites (tertiary alicyclic amines) is 1. The lowest BCUT2D eigenvalue weighted by Crippen LogP contribution is -2.46. The van der Waals surface area contributed by atoms with Crippen LogP contribution in [0.4, 0.5) is 4.79 Å². The molecule has 6 heteroatoms. The van der Waals surface area contributed by atoms with Gasteiger partial charge in [-0.15, -0.1) is 0 Å². The topological polar surface area (TPSA) is 64.4 Å². The fourth-order valence-electron chi connectivity index (χ4n) is 4.95. The summed E-state index contributed by atoms with van der Waals surface area (Å²) in [5.41, 5.74) is 2.69. The number of piperidine rings is 1. The number of Topliss-reactive ketones (excluding diaryl/α,β-unsaturated/α-hetero) is 1. The third-order valence-electron chi connectivity index (χ3n) is 7.09. The van der Waals surface area contributed by atoms with Gasteiger partial charge in [0.1, 0.15) is 12.3 Å². The molecule has 0 radical (unpaired) electrons. The first-order chi connectivity index (χ1) is 15.0. The molecule has 0 N–H and O–H groups in total. The fourth-order valence-corrected chi connectivity index (χ4v) is 4.95. The van der Waals surface area contributed by atoms with Gasteiger partial charge < -0.3 is 9.64 Å². The smallest absolute Gasteiger partial charge is 0.410 e. The Morgan fingerprint density at radius 1 is 1.13 bits per heavy atom. The van der Waals surface area contributed by atoms with Gasteiger partial charge in [0, 0.05) is 37.8 Å². The quantitative estimate of drug-likeness (QED) is 0.665. The largest absolute Gasteiger partial charge is 0.445 e. The first kappa shape index (κ1) is 21.6. The number of fused-ring (bicyclic) bond motifs is 1. The molecule has 0 atom stereocenters. The van der Waals surface area contributed by atoms with E-state index in [2.05, 4.69) is 25.1 Å². The second kappa shape index (κ2) is 9.25. The summed E-state index contributed by atoms with van der Waals surface area (Å²) >= 11 is 0. The number of hydrogen-bond donors (Lipinski definition) is 0. The summed E-state index contributed by atoms with van der Waals surface area (Å²) < 4.78 is 7.47. The van der Waals surface area contributed by atoms with Gasteiger partial charge in [0.25, 0.3) is 0 Å². The molecule has 1 aromatic heterocycles. The van der Waals surface area contributed by atoms with Crippen LogP contribution in [0.25, 0.3) is 0 Å². The molecule has 6 nitrogen and oxygen atoms in total. The highest BCUT2D eigenvalue weighted by Crippen LogP contribution is 2.43. The average Bonchev–Trinajstić information content (AvgIpc) is 3.19. The van der Waals surface area contributed by atoms with Crippen LogP contribution >= 0.6 is 0 Å². The molecule has 1 aromatic carbocycles. The third-order valence-corrected chi connectivity index (χ3v) is 7.09. The molecule has 1 saturated heterocycles. The van der Waals surface area contributed by atoms with Crippen molar-refractivity contribution in [3.8, 4) is 0 Å². The molecule has 0 unspecified atom stereocenters. The number of amides is 1. The van der Waals surface area contributed by atoms with Crippen molar-refractivity contribution in [3.05, 3.63) is 53.3 Å². The van der Waals surface area contributed by atoms with Gasteiger partial charge in [-0.05, 0) is 36.2 Å². The second-order valence-electron chi connectivity index (χ2n) is 9.21. The number of rotatable bonds is 6. The number of ether oxygens (including phenoxy) is 1. The van der Waals surface area contributed by atoms with E-state index in [1.54, 1.807) is 4.90 Å². The number of nitrogens with zero attached hydrogens (tertiary/aromatic N) is 3. The Morgan fingerprint density at radius 3 is 2.52 bits per heavy atom. The minimum Gasteiger partial charge on any atom is -0.445 e. The Balaban J connectivity index is 1.35. The zero-order chi connectivity index (χ0) is 21.8. The monoisotopic (exact) mass is 423 g/mol. The predicted octanol–water partition coefficient (Wildman–Crippen LogP) is 4.87. The molecule has 1 aliphatic carbocycles. The average molecular weight is 424 g/mol. The van der Waals surface area contributed by atoms with Gasteiger partial charge >= 0.3 is 6.09 Å². The van der Waals surface area contributed by atoms with E-state index in [9.17, 15) is 9.59 Å². The van der Waals surface area contributed by atoms with Gasteiger partial charge in [-0.3, -0.25) is 9.48 Å². The van der Waals surface area contributed by atoms with Crippen LogP contribution in [-0.4, -0.2) is 39.6 Å². The highest BCUT2D eigenvalue weighted by molar-refractivity contribution is 5.97. The molecular formula is C25H33N3O3. The minimum atomic E-state index is -0.264. The first-order valence-electron chi connectivity index (χ1n) is 11.6. The Morgan fingerprint density at radius 2 is 1.84 bits per heavy atom. The van der Waals surface area contributed by atoms with E-state index in [-0.39, 0.29) is 17.3 Å². The van der Waals surface area contributed by atoms with Crippen molar-refractivity contribution >= 4 is 11.9 Å². The summed E-state index contributed by atoms with van der Waals surface area (Å²) in [6, 6.07) is 9.73. The number of benzene rings is 1. The van der Waals surface area contributed by atoms with Gasteiger partial charge in [-0.25, -0.2) is 4.79 Å². The van der Waals surface area contributed by atoms with Crippen LogP contribution in [0.15, 0.2) is 36.5 Å². The van der Waals surface area contributed by atoms with Crippen molar-refractivity contribution in [2.45, 2.75) is 65.5 Å². The fraction of sp³-hybridized carbons (Fsp3) is 0.560. The lowest BCUT2D eigenvalue weighted by Gasteiger charge is -2.42. The molecule has 1 amide bonds. The van der Waals surface area contributed by atoms with Crippen molar-refractivity contribution in [3.63, 3.8) is 0 Å². The van der Waals surface area contributed by atoms with E-state index in [4.69, 9.17) is 4.74 Å². The minimum absolute atomic E-state index is 0.0525. The molecule has 2 aromatic rings. The molecular weight excluding hydrogens is 390 g/mol. The molecule has 0 bridgehead atoms. The number of carbonyl (C=O) groups excluding carboxylic acids is 2. The van der Waals surface area contributed by atoms with E-state index in [1.807, 2.05) is 35.0 Å². The van der Waals surface area contributed by atoms with E-state index in [0.717, 1.165) is 49.8 Å². The summed E-state index contributed by atoms with van der Waals surface area (Å²) in [6.45, 7) is 6.85. The Hall–Kier alpha value is -2.63. The van der Waals surface area contributed by atoms with E-state index in [1.165, 1.54) is 0 Å². The van der Waals surface area contributed by atoms with Crippen molar-refractivity contribution in [1.82, 2.24) is 14.7 Å². The van der Waals surface area contributed by atoms with E-state index >= 15 is 0 Å². The summed E-state index contributed by atoms with van der Waals surface area (Å²) in [7, 11) is 0. The lowest BCUT2D eigenvalue weighted by molar-refractivity contribution is 0.0520. The molecule has 2 heterocycles. The van der Waals surface area contributed by atoms with Crippen LogP contribution < -0.4 is 0 Å².